The predicted molar refractivity (Wildman–Crippen MR) is 73.8 cm³/mol. The van der Waals surface area contributed by atoms with E-state index in [9.17, 15) is 35.9 Å². The van der Waals surface area contributed by atoms with E-state index in [0.29, 0.717) is 29.9 Å². The third kappa shape index (κ3) is 2.42. The number of imide groups is 1. The molecule has 0 aromatic heterocycles. The van der Waals surface area contributed by atoms with E-state index < -0.39 is 65.0 Å². The van der Waals surface area contributed by atoms with Crippen LogP contribution < -0.4 is 4.90 Å². The Hall–Kier alpha value is -2.10. The molecule has 0 saturated carbocycles. The van der Waals surface area contributed by atoms with Crippen molar-refractivity contribution in [3.8, 4) is 0 Å². The fourth-order valence-corrected chi connectivity index (χ4v) is 4.03. The predicted octanol–water partition coefficient (Wildman–Crippen LogP) is 3.39. The highest BCUT2D eigenvalue weighted by atomic mass is 19.4. The number of ether oxygens (including phenoxy) is 1. The molecule has 4 rings (SSSR count). The van der Waals surface area contributed by atoms with Crippen LogP contribution in [0.25, 0.3) is 0 Å². The summed E-state index contributed by atoms with van der Waals surface area (Å²) in [6, 6.07) is 0.756. The Morgan fingerprint density at radius 3 is 1.62 bits per heavy atom. The van der Waals surface area contributed by atoms with Crippen molar-refractivity contribution >= 4 is 17.5 Å². The first-order valence-corrected chi connectivity index (χ1v) is 7.81. The van der Waals surface area contributed by atoms with Crippen molar-refractivity contribution in [3.63, 3.8) is 0 Å². The van der Waals surface area contributed by atoms with Gasteiger partial charge in [-0.15, -0.1) is 0 Å². The fourth-order valence-electron chi connectivity index (χ4n) is 4.03. The van der Waals surface area contributed by atoms with Gasteiger partial charge < -0.3 is 4.74 Å². The zero-order chi connectivity index (χ0) is 19.0. The summed E-state index contributed by atoms with van der Waals surface area (Å²) in [5.74, 6) is -3.30. The summed E-state index contributed by atoms with van der Waals surface area (Å²) in [7, 11) is 0. The van der Waals surface area contributed by atoms with Gasteiger partial charge in [-0.1, -0.05) is 0 Å². The molecule has 3 heterocycles. The van der Waals surface area contributed by atoms with Crippen molar-refractivity contribution < 1.29 is 40.7 Å². The van der Waals surface area contributed by atoms with Crippen LogP contribution in [0.15, 0.2) is 18.2 Å². The average Bonchev–Trinajstić information content (AvgIpc) is 3.19. The summed E-state index contributed by atoms with van der Waals surface area (Å²) in [5, 5.41) is 0. The largest absolute Gasteiger partial charge is 0.416 e. The normalized spacial score (nSPS) is 31.1. The number of halogens is 6. The van der Waals surface area contributed by atoms with E-state index in [1.807, 2.05) is 0 Å². The fraction of sp³-hybridized carbons (Fsp3) is 0.500. The smallest absolute Gasteiger partial charge is 0.373 e. The second-order valence-corrected chi connectivity index (χ2v) is 6.62. The molecule has 10 heteroatoms. The lowest BCUT2D eigenvalue weighted by molar-refractivity contribution is -0.143. The van der Waals surface area contributed by atoms with Crippen molar-refractivity contribution in [2.75, 3.05) is 4.90 Å². The second-order valence-electron chi connectivity index (χ2n) is 6.62. The Morgan fingerprint density at radius 1 is 0.808 bits per heavy atom. The molecule has 2 bridgehead atoms. The minimum absolute atomic E-state index is 0.0395. The van der Waals surface area contributed by atoms with Crippen molar-refractivity contribution in [1.29, 1.82) is 0 Å². The minimum atomic E-state index is -5.06. The van der Waals surface area contributed by atoms with E-state index in [0.717, 1.165) is 0 Å². The Morgan fingerprint density at radius 2 is 1.23 bits per heavy atom. The number of carbonyl (C=O) groups is 2. The number of carbonyl (C=O) groups excluding carboxylic acids is 2. The van der Waals surface area contributed by atoms with E-state index in [4.69, 9.17) is 4.74 Å². The molecular weight excluding hydrogens is 368 g/mol. The molecule has 3 aliphatic rings. The molecule has 2 amide bonds. The highest BCUT2D eigenvalue weighted by molar-refractivity contribution is 6.22. The summed E-state index contributed by atoms with van der Waals surface area (Å²) in [6.45, 7) is 0. The lowest BCUT2D eigenvalue weighted by Crippen LogP contribution is -2.34. The zero-order valence-corrected chi connectivity index (χ0v) is 12.9. The van der Waals surface area contributed by atoms with Crippen LogP contribution >= 0.6 is 0 Å². The lowest BCUT2D eigenvalue weighted by atomic mass is 9.81. The lowest BCUT2D eigenvalue weighted by Gasteiger charge is -2.21. The van der Waals surface area contributed by atoms with Gasteiger partial charge in [-0.3, -0.25) is 9.59 Å². The molecule has 4 nitrogen and oxygen atoms in total. The molecule has 26 heavy (non-hydrogen) atoms. The van der Waals surface area contributed by atoms with Gasteiger partial charge in [0.2, 0.25) is 11.8 Å². The van der Waals surface area contributed by atoms with E-state index in [-0.39, 0.29) is 6.07 Å². The van der Waals surface area contributed by atoms with E-state index in [2.05, 4.69) is 0 Å². The van der Waals surface area contributed by atoms with Crippen LogP contribution in [0.5, 0.6) is 0 Å². The number of anilines is 1. The Labute approximate surface area is 142 Å². The van der Waals surface area contributed by atoms with Gasteiger partial charge in [0, 0.05) is 0 Å². The standard InChI is InChI=1S/C16H11F6NO3/c17-15(18,19)6-3-7(16(20,21)22)5-8(4-6)23-13(24)11-9-1-2-10(26-9)12(11)14(23)25/h3-5,9-12H,1-2H2/t9-,10+,11-,12+. The van der Waals surface area contributed by atoms with Gasteiger partial charge in [0.05, 0.1) is 40.9 Å². The third-order valence-corrected chi connectivity index (χ3v) is 5.11. The van der Waals surface area contributed by atoms with Crippen molar-refractivity contribution in [1.82, 2.24) is 0 Å². The maximum absolute atomic E-state index is 13.0. The van der Waals surface area contributed by atoms with Crippen LogP contribution in [-0.2, 0) is 26.7 Å². The molecule has 0 aliphatic carbocycles. The van der Waals surface area contributed by atoms with Gasteiger partial charge in [0.25, 0.3) is 0 Å². The maximum Gasteiger partial charge on any atom is 0.416 e. The van der Waals surface area contributed by atoms with Crippen LogP contribution in [0, 0.1) is 11.8 Å². The third-order valence-electron chi connectivity index (χ3n) is 5.11. The molecule has 1 aromatic rings. The second kappa shape index (κ2) is 5.21. The monoisotopic (exact) mass is 379 g/mol. The quantitative estimate of drug-likeness (QED) is 0.555. The molecule has 0 N–H and O–H groups in total. The first-order valence-electron chi connectivity index (χ1n) is 7.81. The van der Waals surface area contributed by atoms with Crippen molar-refractivity contribution in [2.24, 2.45) is 11.8 Å². The summed E-state index contributed by atoms with van der Waals surface area (Å²) in [5.41, 5.74) is -3.85. The SMILES string of the molecule is O=C1[C@@H]2[C@H](C(=O)N1c1cc(C(F)(F)F)cc(C(F)(F)F)c1)[C@H]1CC[C@@H]2O1. The molecular formula is C16H11F6NO3. The Kier molecular flexibility index (Phi) is 3.47. The molecule has 3 saturated heterocycles. The zero-order valence-electron chi connectivity index (χ0n) is 12.9. The van der Waals surface area contributed by atoms with E-state index in [1.165, 1.54) is 0 Å². The van der Waals surface area contributed by atoms with Crippen LogP contribution in [0.3, 0.4) is 0 Å². The highest BCUT2D eigenvalue weighted by Gasteiger charge is 2.62. The van der Waals surface area contributed by atoms with Gasteiger partial charge in [-0.2, -0.15) is 26.3 Å². The molecule has 0 radical (unpaired) electrons. The van der Waals surface area contributed by atoms with Crippen LogP contribution in [0.4, 0.5) is 32.0 Å². The number of hydrogen-bond donors (Lipinski definition) is 0. The number of nitrogens with zero attached hydrogens (tertiary/aromatic N) is 1. The van der Waals surface area contributed by atoms with Crippen molar-refractivity contribution in [2.45, 2.75) is 37.4 Å². The molecule has 0 spiro atoms. The number of benzene rings is 1. The molecule has 0 unspecified atom stereocenters. The number of fused-ring (bicyclic) bond motifs is 5. The van der Waals surface area contributed by atoms with E-state index in [1.54, 1.807) is 0 Å². The Bertz CT molecular complexity index is 742. The molecule has 3 fully saturated rings. The van der Waals surface area contributed by atoms with E-state index >= 15 is 0 Å². The maximum atomic E-state index is 13.0. The van der Waals surface area contributed by atoms with Gasteiger partial charge >= 0.3 is 12.4 Å². The molecule has 140 valence electrons. The summed E-state index contributed by atoms with van der Waals surface area (Å²) in [4.78, 5) is 25.6. The summed E-state index contributed by atoms with van der Waals surface area (Å²) >= 11 is 0. The van der Waals surface area contributed by atoms with Crippen LogP contribution in [0.1, 0.15) is 24.0 Å². The molecule has 1 aromatic carbocycles. The average molecular weight is 379 g/mol. The van der Waals surface area contributed by atoms with Gasteiger partial charge in [-0.05, 0) is 31.0 Å². The first kappa shape index (κ1) is 17.3. The minimum Gasteiger partial charge on any atom is -0.373 e. The van der Waals surface area contributed by atoms with Crippen molar-refractivity contribution in [3.05, 3.63) is 29.3 Å². The molecule has 3 aliphatic heterocycles. The number of rotatable bonds is 1. The Balaban J connectivity index is 1.80. The number of amides is 2. The molecule has 4 atom stereocenters. The highest BCUT2D eigenvalue weighted by Crippen LogP contribution is 2.50. The summed E-state index contributed by atoms with van der Waals surface area (Å²) in [6.07, 6.45) is -10.1. The van der Waals surface area contributed by atoms with Gasteiger partial charge in [0.1, 0.15) is 0 Å². The van der Waals surface area contributed by atoms with Gasteiger partial charge in [-0.25, -0.2) is 4.90 Å². The topological polar surface area (TPSA) is 46.6 Å². The summed E-state index contributed by atoms with van der Waals surface area (Å²) < 4.78 is 83.5. The van der Waals surface area contributed by atoms with Crippen LogP contribution in [-0.4, -0.2) is 24.0 Å². The van der Waals surface area contributed by atoms with Gasteiger partial charge in [0.15, 0.2) is 0 Å². The first-order chi connectivity index (χ1) is 12.0. The number of alkyl halides is 6. The van der Waals surface area contributed by atoms with Crippen LogP contribution in [0.2, 0.25) is 0 Å². The number of hydrogen-bond acceptors (Lipinski definition) is 3.